The molecule has 34 heavy (non-hydrogen) atoms. The molecule has 0 radical (unpaired) electrons. The minimum atomic E-state index is -1.00. The SMILES string of the molecule is COc1ccnc(C(=O)NC(C)C(=O)O[C@@H](C)[C@H](Oc2ccccc2)c2ccc(C)cc2)c1O. The van der Waals surface area contributed by atoms with Gasteiger partial charge in [0.25, 0.3) is 5.91 Å². The highest BCUT2D eigenvalue weighted by atomic mass is 16.6. The van der Waals surface area contributed by atoms with Crippen LogP contribution in [0.1, 0.15) is 41.6 Å². The van der Waals surface area contributed by atoms with Crippen LogP contribution in [0.2, 0.25) is 0 Å². The smallest absolute Gasteiger partial charge is 0.328 e. The Balaban J connectivity index is 1.71. The van der Waals surface area contributed by atoms with E-state index < -0.39 is 35.9 Å². The molecular weight excluding hydrogens is 436 g/mol. The third-order valence-electron chi connectivity index (χ3n) is 5.16. The first-order valence-corrected chi connectivity index (χ1v) is 10.8. The van der Waals surface area contributed by atoms with Crippen molar-refractivity contribution >= 4 is 11.9 Å². The van der Waals surface area contributed by atoms with E-state index in [1.807, 2.05) is 61.5 Å². The number of hydrogen-bond acceptors (Lipinski definition) is 7. The fourth-order valence-corrected chi connectivity index (χ4v) is 3.27. The molecule has 0 fully saturated rings. The van der Waals surface area contributed by atoms with Crippen molar-refractivity contribution in [3.63, 3.8) is 0 Å². The van der Waals surface area contributed by atoms with Crippen LogP contribution >= 0.6 is 0 Å². The molecule has 3 atom stereocenters. The summed E-state index contributed by atoms with van der Waals surface area (Å²) < 4.78 is 16.8. The number of carbonyl (C=O) groups is 2. The van der Waals surface area contributed by atoms with Crippen molar-refractivity contribution in [1.29, 1.82) is 0 Å². The minimum Gasteiger partial charge on any atom is -0.503 e. The van der Waals surface area contributed by atoms with Gasteiger partial charge in [0.2, 0.25) is 0 Å². The lowest BCUT2D eigenvalue weighted by atomic mass is 10.0. The van der Waals surface area contributed by atoms with Crippen molar-refractivity contribution in [1.82, 2.24) is 10.3 Å². The number of nitrogens with zero attached hydrogens (tertiary/aromatic N) is 1. The van der Waals surface area contributed by atoms with Crippen molar-refractivity contribution in [3.05, 3.63) is 83.7 Å². The van der Waals surface area contributed by atoms with Crippen LogP contribution in [-0.2, 0) is 9.53 Å². The standard InChI is InChI=1S/C26H28N2O6/c1-16-10-12-19(13-11-16)24(34-20-8-6-5-7-9-20)18(3)33-26(31)17(2)28-25(30)22-23(29)21(32-4)14-15-27-22/h5-15,17-18,24,29H,1-4H3,(H,28,30)/t17?,18-,24-/m0/s1. The number of carbonyl (C=O) groups excluding carboxylic acids is 2. The van der Waals surface area contributed by atoms with Crippen LogP contribution in [0.3, 0.4) is 0 Å². The number of ether oxygens (including phenoxy) is 3. The van der Waals surface area contributed by atoms with Crippen molar-refractivity contribution in [2.75, 3.05) is 7.11 Å². The van der Waals surface area contributed by atoms with Crippen molar-refractivity contribution in [2.24, 2.45) is 0 Å². The van der Waals surface area contributed by atoms with E-state index in [2.05, 4.69) is 10.3 Å². The molecule has 8 nitrogen and oxygen atoms in total. The Labute approximate surface area is 198 Å². The lowest BCUT2D eigenvalue weighted by Crippen LogP contribution is -2.42. The molecule has 0 aliphatic heterocycles. The number of aromatic hydroxyl groups is 1. The average Bonchev–Trinajstić information content (AvgIpc) is 2.83. The predicted molar refractivity (Wildman–Crippen MR) is 126 cm³/mol. The largest absolute Gasteiger partial charge is 0.503 e. The molecular formula is C26H28N2O6. The molecule has 0 aliphatic rings. The molecule has 3 aromatic rings. The zero-order chi connectivity index (χ0) is 24.7. The molecule has 0 spiro atoms. The van der Waals surface area contributed by atoms with E-state index in [-0.39, 0.29) is 11.4 Å². The molecule has 3 rings (SSSR count). The molecule has 0 saturated carbocycles. The maximum Gasteiger partial charge on any atom is 0.328 e. The quantitative estimate of drug-likeness (QED) is 0.461. The summed E-state index contributed by atoms with van der Waals surface area (Å²) in [5, 5.41) is 12.6. The first kappa shape index (κ1) is 24.6. The summed E-state index contributed by atoms with van der Waals surface area (Å²) in [6, 6.07) is 17.4. The number of nitrogens with one attached hydrogen (secondary N) is 1. The summed E-state index contributed by atoms with van der Waals surface area (Å²) in [6.45, 7) is 5.21. The highest BCUT2D eigenvalue weighted by Gasteiger charge is 2.28. The number of esters is 1. The van der Waals surface area contributed by atoms with E-state index in [0.717, 1.165) is 11.1 Å². The van der Waals surface area contributed by atoms with Crippen LogP contribution < -0.4 is 14.8 Å². The number of amides is 1. The molecule has 178 valence electrons. The normalized spacial score (nSPS) is 13.3. The van der Waals surface area contributed by atoms with Crippen molar-refractivity contribution < 1.29 is 28.9 Å². The average molecular weight is 465 g/mol. The summed E-state index contributed by atoms with van der Waals surface area (Å²) in [4.78, 5) is 29.2. The molecule has 1 amide bonds. The van der Waals surface area contributed by atoms with E-state index in [4.69, 9.17) is 14.2 Å². The number of aryl methyl sites for hydroxylation is 1. The zero-order valence-corrected chi connectivity index (χ0v) is 19.5. The third-order valence-corrected chi connectivity index (χ3v) is 5.16. The molecule has 8 heteroatoms. The van der Waals surface area contributed by atoms with E-state index in [0.29, 0.717) is 5.75 Å². The van der Waals surface area contributed by atoms with E-state index >= 15 is 0 Å². The van der Waals surface area contributed by atoms with E-state index in [9.17, 15) is 14.7 Å². The molecule has 0 bridgehead atoms. The highest BCUT2D eigenvalue weighted by molar-refractivity contribution is 5.97. The zero-order valence-electron chi connectivity index (χ0n) is 19.5. The summed E-state index contributed by atoms with van der Waals surface area (Å²) in [7, 11) is 1.36. The summed E-state index contributed by atoms with van der Waals surface area (Å²) >= 11 is 0. The topological polar surface area (TPSA) is 107 Å². The molecule has 1 heterocycles. The Morgan fingerprint density at radius 2 is 1.68 bits per heavy atom. The molecule has 1 aromatic heterocycles. The molecule has 0 aliphatic carbocycles. The number of aromatic nitrogens is 1. The number of pyridine rings is 1. The number of rotatable bonds is 9. The van der Waals surface area contributed by atoms with E-state index in [1.54, 1.807) is 6.92 Å². The van der Waals surface area contributed by atoms with Crippen LogP contribution in [0, 0.1) is 6.92 Å². The van der Waals surface area contributed by atoms with E-state index in [1.165, 1.54) is 26.3 Å². The second-order valence-corrected chi connectivity index (χ2v) is 7.81. The van der Waals surface area contributed by atoms with Crippen LogP contribution in [0.25, 0.3) is 0 Å². The Kier molecular flexibility index (Phi) is 8.08. The first-order valence-electron chi connectivity index (χ1n) is 10.8. The number of benzene rings is 2. The summed E-state index contributed by atoms with van der Waals surface area (Å²) in [6.07, 6.45) is 0.0862. The Morgan fingerprint density at radius 3 is 2.32 bits per heavy atom. The maximum absolute atomic E-state index is 12.8. The van der Waals surface area contributed by atoms with Crippen molar-refractivity contribution in [2.45, 2.75) is 39.0 Å². The van der Waals surface area contributed by atoms with Gasteiger partial charge in [0.1, 0.15) is 17.9 Å². The molecule has 2 aromatic carbocycles. The first-order chi connectivity index (χ1) is 16.3. The number of para-hydroxylation sites is 1. The highest BCUT2D eigenvalue weighted by Crippen LogP contribution is 2.28. The molecule has 1 unspecified atom stereocenters. The Hall–Kier alpha value is -4.07. The van der Waals surface area contributed by atoms with Crippen LogP contribution in [0.5, 0.6) is 17.2 Å². The van der Waals surface area contributed by atoms with Gasteiger partial charge in [0.15, 0.2) is 23.3 Å². The van der Waals surface area contributed by atoms with Gasteiger partial charge >= 0.3 is 5.97 Å². The molecule has 2 N–H and O–H groups in total. The van der Waals surface area contributed by atoms with Gasteiger partial charge in [-0.1, -0.05) is 48.0 Å². The fraction of sp³-hybridized carbons (Fsp3) is 0.269. The molecule has 0 saturated heterocycles. The maximum atomic E-state index is 12.8. The van der Waals surface area contributed by atoms with Gasteiger partial charge in [-0.15, -0.1) is 0 Å². The second kappa shape index (κ2) is 11.2. The van der Waals surface area contributed by atoms with Gasteiger partial charge in [0.05, 0.1) is 7.11 Å². The van der Waals surface area contributed by atoms with Gasteiger partial charge in [-0.25, -0.2) is 9.78 Å². The van der Waals surface area contributed by atoms with Gasteiger partial charge in [0, 0.05) is 12.3 Å². The fourth-order valence-electron chi connectivity index (χ4n) is 3.27. The monoisotopic (exact) mass is 464 g/mol. The Morgan fingerprint density at radius 1 is 1.00 bits per heavy atom. The van der Waals surface area contributed by atoms with Gasteiger partial charge < -0.3 is 24.6 Å². The minimum absolute atomic E-state index is 0.100. The lowest BCUT2D eigenvalue weighted by molar-refractivity contribution is -0.154. The summed E-state index contributed by atoms with van der Waals surface area (Å²) in [5.74, 6) is -1.06. The lowest BCUT2D eigenvalue weighted by Gasteiger charge is -2.27. The number of methoxy groups -OCH3 is 1. The van der Waals surface area contributed by atoms with Crippen LogP contribution in [0.4, 0.5) is 0 Å². The summed E-state index contributed by atoms with van der Waals surface area (Å²) in [5.41, 5.74) is 1.69. The van der Waals surface area contributed by atoms with Crippen molar-refractivity contribution in [3.8, 4) is 17.2 Å². The van der Waals surface area contributed by atoms with Crippen LogP contribution in [0.15, 0.2) is 66.9 Å². The van der Waals surface area contributed by atoms with Gasteiger partial charge in [-0.3, -0.25) is 4.79 Å². The van der Waals surface area contributed by atoms with Gasteiger partial charge in [-0.05, 0) is 38.5 Å². The van der Waals surface area contributed by atoms with Crippen LogP contribution in [-0.4, -0.2) is 41.2 Å². The predicted octanol–water partition coefficient (Wildman–Crippen LogP) is 3.97. The Bertz CT molecular complexity index is 1120. The third kappa shape index (κ3) is 6.04. The van der Waals surface area contributed by atoms with Gasteiger partial charge in [-0.2, -0.15) is 0 Å². The second-order valence-electron chi connectivity index (χ2n) is 7.81. The number of hydrogen-bond donors (Lipinski definition) is 2.